The molecule has 1 aromatic rings. The van der Waals surface area contributed by atoms with Crippen molar-refractivity contribution < 1.29 is 14.6 Å². The first kappa shape index (κ1) is 13.6. The summed E-state index contributed by atoms with van der Waals surface area (Å²) in [7, 11) is 0. The molecule has 2 aliphatic heterocycles. The van der Waals surface area contributed by atoms with E-state index in [1.54, 1.807) is 0 Å². The molecule has 0 saturated carbocycles. The van der Waals surface area contributed by atoms with Crippen LogP contribution in [0.3, 0.4) is 0 Å². The molecule has 2 unspecified atom stereocenters. The van der Waals surface area contributed by atoms with Crippen molar-refractivity contribution in [2.24, 2.45) is 0 Å². The molecule has 20 heavy (non-hydrogen) atoms. The summed E-state index contributed by atoms with van der Waals surface area (Å²) in [5.41, 5.74) is 2.15. The van der Waals surface area contributed by atoms with Crippen molar-refractivity contribution in [3.8, 4) is 0 Å². The Morgan fingerprint density at radius 2 is 2.10 bits per heavy atom. The Bertz CT molecular complexity index is 480. The fourth-order valence-corrected chi connectivity index (χ4v) is 3.38. The Morgan fingerprint density at radius 3 is 2.95 bits per heavy atom. The molecule has 2 atom stereocenters. The standard InChI is InChI=1S/C16H21NO3/c18-16(19)15-11-17(13-5-3-8-20-9-7-13)10-12-4-1-2-6-14(12)15/h1-2,4,6,13,15H,3,5,7-11H2,(H,18,19). The van der Waals surface area contributed by atoms with Crippen molar-refractivity contribution in [2.45, 2.75) is 37.8 Å². The predicted molar refractivity (Wildman–Crippen MR) is 75.7 cm³/mol. The summed E-state index contributed by atoms with van der Waals surface area (Å²) >= 11 is 0. The SMILES string of the molecule is O=C(O)C1CN(C2CCCOCC2)Cc2ccccc21. The highest BCUT2D eigenvalue weighted by molar-refractivity contribution is 5.77. The van der Waals surface area contributed by atoms with Crippen molar-refractivity contribution in [1.29, 1.82) is 0 Å². The van der Waals surface area contributed by atoms with Crippen LogP contribution >= 0.6 is 0 Å². The zero-order valence-corrected chi connectivity index (χ0v) is 11.6. The van der Waals surface area contributed by atoms with E-state index in [4.69, 9.17) is 4.74 Å². The first-order valence-corrected chi connectivity index (χ1v) is 7.38. The van der Waals surface area contributed by atoms with E-state index in [1.165, 1.54) is 0 Å². The van der Waals surface area contributed by atoms with Crippen LogP contribution in [0.25, 0.3) is 0 Å². The van der Waals surface area contributed by atoms with Gasteiger partial charge in [-0.3, -0.25) is 9.69 Å². The second-order valence-corrected chi connectivity index (χ2v) is 5.72. The highest BCUT2D eigenvalue weighted by Gasteiger charge is 2.33. The minimum Gasteiger partial charge on any atom is -0.481 e. The molecule has 2 heterocycles. The molecule has 4 nitrogen and oxygen atoms in total. The van der Waals surface area contributed by atoms with Crippen LogP contribution in [0.5, 0.6) is 0 Å². The average Bonchev–Trinajstić information content (AvgIpc) is 2.75. The lowest BCUT2D eigenvalue weighted by Crippen LogP contribution is -2.43. The second kappa shape index (κ2) is 5.94. The molecule has 108 valence electrons. The van der Waals surface area contributed by atoms with E-state index in [2.05, 4.69) is 11.0 Å². The van der Waals surface area contributed by atoms with Crippen molar-refractivity contribution in [1.82, 2.24) is 4.90 Å². The lowest BCUT2D eigenvalue weighted by molar-refractivity contribution is -0.139. The maximum Gasteiger partial charge on any atom is 0.312 e. The summed E-state index contributed by atoms with van der Waals surface area (Å²) in [6, 6.07) is 8.40. The van der Waals surface area contributed by atoms with E-state index in [0.29, 0.717) is 12.6 Å². The van der Waals surface area contributed by atoms with Crippen LogP contribution < -0.4 is 0 Å². The number of hydrogen-bond donors (Lipinski definition) is 1. The van der Waals surface area contributed by atoms with Crippen molar-refractivity contribution in [2.75, 3.05) is 19.8 Å². The molecule has 1 saturated heterocycles. The molecule has 3 rings (SSSR count). The fourth-order valence-electron chi connectivity index (χ4n) is 3.38. The molecule has 1 N–H and O–H groups in total. The largest absolute Gasteiger partial charge is 0.481 e. The molecule has 1 aromatic carbocycles. The Balaban J connectivity index is 1.83. The molecule has 0 spiro atoms. The third-order valence-electron chi connectivity index (χ3n) is 4.46. The number of rotatable bonds is 2. The average molecular weight is 275 g/mol. The molecule has 0 amide bonds. The van der Waals surface area contributed by atoms with Gasteiger partial charge in [-0.1, -0.05) is 24.3 Å². The van der Waals surface area contributed by atoms with Gasteiger partial charge in [0.05, 0.1) is 5.92 Å². The van der Waals surface area contributed by atoms with Gasteiger partial charge in [-0.25, -0.2) is 0 Å². The van der Waals surface area contributed by atoms with Crippen LogP contribution in [0.4, 0.5) is 0 Å². The maximum absolute atomic E-state index is 11.6. The van der Waals surface area contributed by atoms with Crippen LogP contribution in [-0.4, -0.2) is 41.8 Å². The molecule has 0 radical (unpaired) electrons. The maximum atomic E-state index is 11.6. The van der Waals surface area contributed by atoms with Crippen LogP contribution in [0, 0.1) is 0 Å². The lowest BCUT2D eigenvalue weighted by atomic mass is 9.88. The third-order valence-corrected chi connectivity index (χ3v) is 4.46. The van der Waals surface area contributed by atoms with Gasteiger partial charge in [0, 0.05) is 32.3 Å². The summed E-state index contributed by atoms with van der Waals surface area (Å²) in [4.78, 5) is 13.9. The molecular formula is C16H21NO3. The number of aliphatic carboxylic acids is 1. The molecule has 2 aliphatic rings. The number of carboxylic acids is 1. The summed E-state index contributed by atoms with van der Waals surface area (Å²) in [5.74, 6) is -1.11. The Kier molecular flexibility index (Phi) is 4.03. The first-order valence-electron chi connectivity index (χ1n) is 7.38. The highest BCUT2D eigenvalue weighted by atomic mass is 16.5. The normalized spacial score (nSPS) is 27.6. The van der Waals surface area contributed by atoms with Crippen LogP contribution in [0.15, 0.2) is 24.3 Å². The number of ether oxygens (including phenoxy) is 1. The van der Waals surface area contributed by atoms with Crippen LogP contribution in [0.2, 0.25) is 0 Å². The van der Waals surface area contributed by atoms with E-state index < -0.39 is 11.9 Å². The number of benzene rings is 1. The summed E-state index contributed by atoms with van der Waals surface area (Å²) < 4.78 is 5.52. The van der Waals surface area contributed by atoms with Gasteiger partial charge in [-0.15, -0.1) is 0 Å². The lowest BCUT2D eigenvalue weighted by Gasteiger charge is -2.37. The number of hydrogen-bond acceptors (Lipinski definition) is 3. The summed E-state index contributed by atoms with van der Waals surface area (Å²) in [6.07, 6.45) is 3.18. The zero-order chi connectivity index (χ0) is 13.9. The van der Waals surface area contributed by atoms with E-state index >= 15 is 0 Å². The molecule has 1 fully saturated rings. The molecule has 0 aliphatic carbocycles. The van der Waals surface area contributed by atoms with E-state index in [0.717, 1.165) is 50.1 Å². The smallest absolute Gasteiger partial charge is 0.312 e. The second-order valence-electron chi connectivity index (χ2n) is 5.72. The topological polar surface area (TPSA) is 49.8 Å². The van der Waals surface area contributed by atoms with Crippen LogP contribution in [0.1, 0.15) is 36.3 Å². The summed E-state index contributed by atoms with van der Waals surface area (Å²) in [6.45, 7) is 3.12. The highest BCUT2D eigenvalue weighted by Crippen LogP contribution is 2.31. The van der Waals surface area contributed by atoms with Gasteiger partial charge in [0.1, 0.15) is 0 Å². The fraction of sp³-hybridized carbons (Fsp3) is 0.562. The Hall–Kier alpha value is -1.39. The number of carbonyl (C=O) groups is 1. The molecule has 4 heteroatoms. The van der Waals surface area contributed by atoms with Crippen molar-refractivity contribution >= 4 is 5.97 Å². The van der Waals surface area contributed by atoms with Gasteiger partial charge in [0.2, 0.25) is 0 Å². The Labute approximate surface area is 119 Å². The summed E-state index contributed by atoms with van der Waals surface area (Å²) in [5, 5.41) is 9.51. The van der Waals surface area contributed by atoms with Gasteiger partial charge in [-0.2, -0.15) is 0 Å². The van der Waals surface area contributed by atoms with Gasteiger partial charge < -0.3 is 9.84 Å². The zero-order valence-electron chi connectivity index (χ0n) is 11.6. The van der Waals surface area contributed by atoms with Crippen molar-refractivity contribution in [3.05, 3.63) is 35.4 Å². The van der Waals surface area contributed by atoms with E-state index in [9.17, 15) is 9.90 Å². The first-order chi connectivity index (χ1) is 9.75. The minimum atomic E-state index is -0.716. The third kappa shape index (κ3) is 2.72. The number of fused-ring (bicyclic) bond motifs is 1. The predicted octanol–water partition coefficient (Wildman–Crippen LogP) is 2.24. The van der Waals surface area contributed by atoms with Crippen molar-refractivity contribution in [3.63, 3.8) is 0 Å². The van der Waals surface area contributed by atoms with Gasteiger partial charge in [0.15, 0.2) is 0 Å². The van der Waals surface area contributed by atoms with Gasteiger partial charge in [0.25, 0.3) is 0 Å². The van der Waals surface area contributed by atoms with E-state index in [-0.39, 0.29) is 0 Å². The molecule has 0 aromatic heterocycles. The number of carboxylic acid groups (broad SMARTS) is 1. The van der Waals surface area contributed by atoms with Gasteiger partial charge in [-0.05, 0) is 30.4 Å². The van der Waals surface area contributed by atoms with Gasteiger partial charge >= 0.3 is 5.97 Å². The molecular weight excluding hydrogens is 254 g/mol. The number of nitrogens with zero attached hydrogens (tertiary/aromatic N) is 1. The monoisotopic (exact) mass is 275 g/mol. The van der Waals surface area contributed by atoms with Crippen LogP contribution in [-0.2, 0) is 16.1 Å². The quantitative estimate of drug-likeness (QED) is 0.899. The van der Waals surface area contributed by atoms with E-state index in [1.807, 2.05) is 18.2 Å². The minimum absolute atomic E-state index is 0.399. The Morgan fingerprint density at radius 1 is 1.25 bits per heavy atom. The molecule has 0 bridgehead atoms.